The van der Waals surface area contributed by atoms with E-state index in [0.29, 0.717) is 17.9 Å². The van der Waals surface area contributed by atoms with Gasteiger partial charge in [-0.1, -0.05) is 6.07 Å². The average Bonchev–Trinajstić information content (AvgIpc) is 3.27. The summed E-state index contributed by atoms with van der Waals surface area (Å²) in [6.07, 6.45) is 9.93. The third kappa shape index (κ3) is 4.42. The van der Waals surface area contributed by atoms with Crippen LogP contribution in [0.3, 0.4) is 0 Å². The molecule has 3 aromatic rings. The first kappa shape index (κ1) is 19.1. The third-order valence-corrected chi connectivity index (χ3v) is 5.24. The van der Waals surface area contributed by atoms with Gasteiger partial charge in [0.05, 0.1) is 31.6 Å². The lowest BCUT2D eigenvalue weighted by molar-refractivity contribution is 0.201. The molecule has 6 nitrogen and oxygen atoms in total. The van der Waals surface area contributed by atoms with Crippen molar-refractivity contribution in [3.8, 4) is 11.5 Å². The van der Waals surface area contributed by atoms with Crippen LogP contribution < -0.4 is 19.9 Å². The van der Waals surface area contributed by atoms with E-state index in [-0.39, 0.29) is 11.7 Å². The van der Waals surface area contributed by atoms with Crippen molar-refractivity contribution in [3.05, 3.63) is 77.0 Å². The lowest BCUT2D eigenvalue weighted by Crippen LogP contribution is -2.22. The average molecular weight is 391 g/mol. The predicted octanol–water partition coefficient (Wildman–Crippen LogP) is 4.44. The number of hydrogen-bond donors (Lipinski definition) is 1. The standard InChI is InChI=1S/C23H25N3O3/c1-28-21-11-10-18(14-22(21)29-20-8-2-3-9-20)26(19-7-5-12-24-15-19)16-17-6-4-13-25-23(17)27/h4-7,10-15,20H,2-3,8-9,16H2,1H3,(H,25,27). The second-order valence-corrected chi connectivity index (χ2v) is 7.18. The second-order valence-electron chi connectivity index (χ2n) is 7.18. The Morgan fingerprint density at radius 3 is 2.69 bits per heavy atom. The monoisotopic (exact) mass is 391 g/mol. The highest BCUT2D eigenvalue weighted by atomic mass is 16.5. The maximum absolute atomic E-state index is 12.3. The summed E-state index contributed by atoms with van der Waals surface area (Å²) in [6, 6.07) is 13.4. The number of aromatic nitrogens is 2. The van der Waals surface area contributed by atoms with Crippen molar-refractivity contribution >= 4 is 11.4 Å². The van der Waals surface area contributed by atoms with Crippen LogP contribution in [-0.2, 0) is 6.54 Å². The van der Waals surface area contributed by atoms with Gasteiger partial charge in [-0.15, -0.1) is 0 Å². The number of methoxy groups -OCH3 is 1. The molecule has 2 aromatic heterocycles. The lowest BCUT2D eigenvalue weighted by Gasteiger charge is -2.26. The van der Waals surface area contributed by atoms with E-state index in [1.165, 1.54) is 12.8 Å². The van der Waals surface area contributed by atoms with Gasteiger partial charge in [0, 0.05) is 29.7 Å². The van der Waals surface area contributed by atoms with E-state index in [4.69, 9.17) is 9.47 Å². The Labute approximate surface area is 170 Å². The van der Waals surface area contributed by atoms with E-state index in [2.05, 4.69) is 14.9 Å². The second kappa shape index (κ2) is 8.82. The summed E-state index contributed by atoms with van der Waals surface area (Å²) in [5.74, 6) is 1.44. The van der Waals surface area contributed by atoms with Crippen LogP contribution in [-0.4, -0.2) is 23.2 Å². The van der Waals surface area contributed by atoms with E-state index < -0.39 is 0 Å². The van der Waals surface area contributed by atoms with E-state index >= 15 is 0 Å². The normalized spacial score (nSPS) is 14.0. The summed E-state index contributed by atoms with van der Waals surface area (Å²) < 4.78 is 11.8. The molecule has 0 atom stereocenters. The first-order valence-corrected chi connectivity index (χ1v) is 9.93. The molecular formula is C23H25N3O3. The first-order valence-electron chi connectivity index (χ1n) is 9.93. The number of aromatic amines is 1. The maximum Gasteiger partial charge on any atom is 0.252 e. The first-order chi connectivity index (χ1) is 14.2. The van der Waals surface area contributed by atoms with Crippen molar-refractivity contribution in [2.45, 2.75) is 38.3 Å². The zero-order valence-electron chi connectivity index (χ0n) is 16.5. The Hall–Kier alpha value is -3.28. The molecule has 0 aliphatic heterocycles. The quantitative estimate of drug-likeness (QED) is 0.645. The van der Waals surface area contributed by atoms with E-state index in [0.717, 1.165) is 30.0 Å². The van der Waals surface area contributed by atoms with Gasteiger partial charge in [-0.25, -0.2) is 0 Å². The highest BCUT2D eigenvalue weighted by Gasteiger charge is 2.20. The van der Waals surface area contributed by atoms with Gasteiger partial charge in [-0.2, -0.15) is 0 Å². The fourth-order valence-corrected chi connectivity index (χ4v) is 3.71. The molecule has 0 radical (unpaired) electrons. The largest absolute Gasteiger partial charge is 0.493 e. The molecule has 0 saturated heterocycles. The van der Waals surface area contributed by atoms with Crippen LogP contribution in [0.4, 0.5) is 11.4 Å². The van der Waals surface area contributed by atoms with E-state index in [1.54, 1.807) is 25.7 Å². The van der Waals surface area contributed by atoms with Gasteiger partial charge in [0.25, 0.3) is 5.56 Å². The molecule has 0 unspecified atom stereocenters. The van der Waals surface area contributed by atoms with Crippen molar-refractivity contribution < 1.29 is 9.47 Å². The minimum absolute atomic E-state index is 0.0997. The summed E-state index contributed by atoms with van der Waals surface area (Å²) in [7, 11) is 1.65. The van der Waals surface area contributed by atoms with E-state index in [1.807, 2.05) is 42.5 Å². The Morgan fingerprint density at radius 1 is 1.10 bits per heavy atom. The maximum atomic E-state index is 12.3. The molecule has 150 valence electrons. The van der Waals surface area contributed by atoms with Gasteiger partial charge in [0.2, 0.25) is 0 Å². The van der Waals surface area contributed by atoms with Crippen LogP contribution in [0.5, 0.6) is 11.5 Å². The highest BCUT2D eigenvalue weighted by Crippen LogP contribution is 2.37. The summed E-state index contributed by atoms with van der Waals surface area (Å²) >= 11 is 0. The number of hydrogen-bond acceptors (Lipinski definition) is 5. The zero-order chi connectivity index (χ0) is 20.1. The van der Waals surface area contributed by atoms with Crippen molar-refractivity contribution in [2.75, 3.05) is 12.0 Å². The Balaban J connectivity index is 1.71. The van der Waals surface area contributed by atoms with Crippen LogP contribution in [0.25, 0.3) is 0 Å². The number of pyridine rings is 2. The summed E-state index contributed by atoms with van der Waals surface area (Å²) in [5.41, 5.74) is 2.38. The molecular weight excluding hydrogens is 366 g/mol. The number of rotatable bonds is 7. The molecule has 1 aliphatic rings. The smallest absolute Gasteiger partial charge is 0.252 e. The Morgan fingerprint density at radius 2 is 1.97 bits per heavy atom. The summed E-state index contributed by atoms with van der Waals surface area (Å²) in [5, 5.41) is 0. The minimum Gasteiger partial charge on any atom is -0.493 e. The number of anilines is 2. The SMILES string of the molecule is COc1ccc(N(Cc2ccc[nH]c2=O)c2cccnc2)cc1OC1CCCC1. The molecule has 29 heavy (non-hydrogen) atoms. The van der Waals surface area contributed by atoms with Crippen molar-refractivity contribution in [1.82, 2.24) is 9.97 Å². The van der Waals surface area contributed by atoms with Crippen LogP contribution in [0.2, 0.25) is 0 Å². The van der Waals surface area contributed by atoms with Gasteiger partial charge >= 0.3 is 0 Å². The molecule has 4 rings (SSSR count). The molecule has 1 aliphatic carbocycles. The molecule has 0 bridgehead atoms. The minimum atomic E-state index is -0.0997. The van der Waals surface area contributed by atoms with E-state index in [9.17, 15) is 4.79 Å². The van der Waals surface area contributed by atoms with Gasteiger partial charge < -0.3 is 19.4 Å². The number of benzene rings is 1. The van der Waals surface area contributed by atoms with Crippen molar-refractivity contribution in [1.29, 1.82) is 0 Å². The predicted molar refractivity (Wildman–Crippen MR) is 113 cm³/mol. The number of ether oxygens (including phenoxy) is 2. The lowest BCUT2D eigenvalue weighted by atomic mass is 10.2. The Kier molecular flexibility index (Phi) is 5.79. The van der Waals surface area contributed by atoms with Gasteiger partial charge in [-0.05, 0) is 56.0 Å². The summed E-state index contributed by atoms with van der Waals surface area (Å²) in [6.45, 7) is 0.414. The van der Waals surface area contributed by atoms with Gasteiger partial charge in [0.15, 0.2) is 11.5 Å². The molecule has 1 fully saturated rings. The van der Waals surface area contributed by atoms with Crippen LogP contribution >= 0.6 is 0 Å². The summed E-state index contributed by atoms with van der Waals surface area (Å²) in [4.78, 5) is 21.3. The Bertz CT molecular complexity index is 998. The third-order valence-electron chi connectivity index (χ3n) is 5.24. The zero-order valence-corrected chi connectivity index (χ0v) is 16.5. The fourth-order valence-electron chi connectivity index (χ4n) is 3.71. The highest BCUT2D eigenvalue weighted by molar-refractivity contribution is 5.66. The van der Waals surface area contributed by atoms with Crippen molar-refractivity contribution in [2.24, 2.45) is 0 Å². The van der Waals surface area contributed by atoms with Crippen LogP contribution in [0, 0.1) is 0 Å². The topological polar surface area (TPSA) is 67.5 Å². The molecule has 2 heterocycles. The molecule has 1 aromatic carbocycles. The number of nitrogens with one attached hydrogen (secondary N) is 1. The van der Waals surface area contributed by atoms with Gasteiger partial charge in [-0.3, -0.25) is 9.78 Å². The van der Waals surface area contributed by atoms with Gasteiger partial charge in [0.1, 0.15) is 0 Å². The van der Waals surface area contributed by atoms with Crippen LogP contribution in [0.15, 0.2) is 65.8 Å². The van der Waals surface area contributed by atoms with Crippen molar-refractivity contribution in [3.63, 3.8) is 0 Å². The molecule has 0 spiro atoms. The number of nitrogens with zero attached hydrogens (tertiary/aromatic N) is 2. The molecule has 1 saturated carbocycles. The molecule has 6 heteroatoms. The number of H-pyrrole nitrogens is 1. The fraction of sp³-hybridized carbons (Fsp3) is 0.304. The molecule has 0 amide bonds. The molecule has 1 N–H and O–H groups in total. The van der Waals surface area contributed by atoms with Crippen LogP contribution in [0.1, 0.15) is 31.2 Å².